The van der Waals surface area contributed by atoms with Crippen molar-refractivity contribution in [2.24, 2.45) is 0 Å². The topological polar surface area (TPSA) is 33.1 Å². The van der Waals surface area contributed by atoms with E-state index in [2.05, 4.69) is 4.98 Å². The van der Waals surface area contributed by atoms with Crippen LogP contribution in [0.15, 0.2) is 12.3 Å². The van der Waals surface area contributed by atoms with Gasteiger partial charge in [-0.05, 0) is 18.6 Å². The van der Waals surface area contributed by atoms with Crippen LogP contribution in [-0.4, -0.2) is 18.5 Å². The zero-order valence-corrected chi connectivity index (χ0v) is 10.5. The zero-order chi connectivity index (χ0) is 10.1. The number of aryl methyl sites for hydroxylation is 1. The first kappa shape index (κ1) is 17.4. The Morgan fingerprint density at radius 1 is 1.40 bits per heavy atom. The summed E-state index contributed by atoms with van der Waals surface area (Å²) in [6.07, 6.45) is -3.65. The molecule has 76 valence electrons. The molecule has 1 aromatic rings. The van der Waals surface area contributed by atoms with Gasteiger partial charge in [-0.25, -0.2) is 0 Å². The molecule has 4 radical (unpaired) electrons. The fraction of sp³-hybridized carbons (Fsp3) is 0.375. The SMILES string of the molecule is Cc1cc(C(F)(F)F)cnc1CO.[B-].[Na+]. The van der Waals surface area contributed by atoms with E-state index in [4.69, 9.17) is 5.11 Å². The minimum atomic E-state index is -4.37. The van der Waals surface area contributed by atoms with Crippen molar-refractivity contribution in [3.63, 3.8) is 0 Å². The van der Waals surface area contributed by atoms with Crippen LogP contribution in [0.2, 0.25) is 0 Å². The van der Waals surface area contributed by atoms with E-state index < -0.39 is 11.7 Å². The van der Waals surface area contributed by atoms with Crippen molar-refractivity contribution in [2.45, 2.75) is 19.7 Å². The minimum Gasteiger partial charge on any atom is -1.00 e. The number of pyridine rings is 1. The van der Waals surface area contributed by atoms with E-state index in [1.807, 2.05) is 0 Å². The van der Waals surface area contributed by atoms with Crippen LogP contribution in [0.25, 0.3) is 0 Å². The van der Waals surface area contributed by atoms with Crippen molar-refractivity contribution in [3.8, 4) is 0 Å². The molecule has 0 aliphatic heterocycles. The van der Waals surface area contributed by atoms with E-state index in [0.717, 1.165) is 12.3 Å². The van der Waals surface area contributed by atoms with Gasteiger partial charge in [-0.15, -0.1) is 0 Å². The second-order valence-corrected chi connectivity index (χ2v) is 2.64. The molecule has 0 aliphatic carbocycles. The summed E-state index contributed by atoms with van der Waals surface area (Å²) in [5.74, 6) is 0. The number of aromatic nitrogens is 1. The Morgan fingerprint density at radius 3 is 2.27 bits per heavy atom. The second kappa shape index (κ2) is 6.53. The van der Waals surface area contributed by atoms with Gasteiger partial charge in [0.25, 0.3) is 0 Å². The first-order valence-electron chi connectivity index (χ1n) is 3.58. The van der Waals surface area contributed by atoms with Crippen LogP contribution in [0.4, 0.5) is 13.2 Å². The molecule has 0 saturated heterocycles. The van der Waals surface area contributed by atoms with Crippen LogP contribution in [-0.2, 0) is 12.8 Å². The first-order chi connectivity index (χ1) is 5.95. The number of aliphatic hydroxyl groups is 1. The monoisotopic (exact) mass is 225 g/mol. The summed E-state index contributed by atoms with van der Waals surface area (Å²) in [7, 11) is 0. The quantitative estimate of drug-likeness (QED) is 0.591. The maximum absolute atomic E-state index is 12.1. The number of alkyl halides is 3. The van der Waals surface area contributed by atoms with Gasteiger partial charge in [0.1, 0.15) is 0 Å². The molecule has 0 aromatic carbocycles. The summed E-state index contributed by atoms with van der Waals surface area (Å²) < 4.78 is 36.3. The molecular weight excluding hydrogens is 217 g/mol. The third kappa shape index (κ3) is 4.55. The van der Waals surface area contributed by atoms with E-state index in [9.17, 15) is 13.2 Å². The van der Waals surface area contributed by atoms with Gasteiger partial charge in [0.2, 0.25) is 0 Å². The molecule has 0 bridgehead atoms. The number of nitrogens with zero attached hydrogens (tertiary/aromatic N) is 1. The third-order valence-corrected chi connectivity index (χ3v) is 1.66. The summed E-state index contributed by atoms with van der Waals surface area (Å²) >= 11 is 0. The fourth-order valence-corrected chi connectivity index (χ4v) is 0.924. The minimum absolute atomic E-state index is 0. The van der Waals surface area contributed by atoms with Gasteiger partial charge in [0, 0.05) is 6.20 Å². The molecule has 0 saturated carbocycles. The average Bonchev–Trinajstić information content (AvgIpc) is 2.02. The Kier molecular flexibility index (Phi) is 7.55. The average molecular weight is 225 g/mol. The normalized spacial score (nSPS) is 10.2. The van der Waals surface area contributed by atoms with Crippen LogP contribution < -0.4 is 29.6 Å². The summed E-state index contributed by atoms with van der Waals surface area (Å²) in [4.78, 5) is 3.49. The number of hydrogen-bond acceptors (Lipinski definition) is 2. The van der Waals surface area contributed by atoms with Gasteiger partial charge in [-0.2, -0.15) is 13.2 Å². The standard InChI is InChI=1S/C8H8F3NO.B.Na/c1-5-2-6(8(9,10)11)3-12-7(5)4-13;;/h2-3,13H,4H2,1H3;;/q;-1;+1. The Bertz CT molecular complexity index is 319. The van der Waals surface area contributed by atoms with Crippen molar-refractivity contribution < 1.29 is 47.8 Å². The van der Waals surface area contributed by atoms with Crippen LogP contribution in [0.3, 0.4) is 0 Å². The van der Waals surface area contributed by atoms with E-state index >= 15 is 0 Å². The zero-order valence-electron chi connectivity index (χ0n) is 8.47. The summed E-state index contributed by atoms with van der Waals surface area (Å²) in [5.41, 5.74) is -0.174. The predicted octanol–water partition coefficient (Wildman–Crippen LogP) is -1.48. The smallest absolute Gasteiger partial charge is 1.00 e. The Morgan fingerprint density at radius 2 is 1.93 bits per heavy atom. The molecule has 0 fully saturated rings. The predicted molar refractivity (Wildman–Crippen MR) is 45.7 cm³/mol. The molecule has 0 atom stereocenters. The number of aliphatic hydroxyl groups excluding tert-OH is 1. The molecule has 0 aliphatic rings. The van der Waals surface area contributed by atoms with Gasteiger partial charge in [-0.1, -0.05) is 0 Å². The van der Waals surface area contributed by atoms with Crippen LogP contribution in [0, 0.1) is 6.92 Å². The molecule has 7 heteroatoms. The molecule has 2 nitrogen and oxygen atoms in total. The van der Waals surface area contributed by atoms with Crippen molar-refractivity contribution >= 4 is 8.41 Å². The Balaban J connectivity index is 0. The second-order valence-electron chi connectivity index (χ2n) is 2.64. The number of halogens is 3. The van der Waals surface area contributed by atoms with Crippen LogP contribution in [0.5, 0.6) is 0 Å². The third-order valence-electron chi connectivity index (χ3n) is 1.66. The van der Waals surface area contributed by atoms with Gasteiger partial charge >= 0.3 is 35.7 Å². The van der Waals surface area contributed by atoms with Crippen molar-refractivity contribution in [3.05, 3.63) is 29.1 Å². The Labute approximate surface area is 110 Å². The maximum Gasteiger partial charge on any atom is 1.00 e. The fourth-order valence-electron chi connectivity index (χ4n) is 0.924. The molecule has 0 amide bonds. The largest absolute Gasteiger partial charge is 1.00 e. The Hall–Kier alpha value is -0.0351. The van der Waals surface area contributed by atoms with E-state index in [1.165, 1.54) is 6.92 Å². The van der Waals surface area contributed by atoms with Crippen molar-refractivity contribution in [2.75, 3.05) is 0 Å². The molecular formula is C8H8BF3NNaO. The summed E-state index contributed by atoms with van der Waals surface area (Å²) in [5, 5.41) is 8.67. The summed E-state index contributed by atoms with van der Waals surface area (Å²) in [6.45, 7) is 1.14. The first-order valence-corrected chi connectivity index (χ1v) is 3.58. The number of hydrogen-bond donors (Lipinski definition) is 1. The van der Waals surface area contributed by atoms with E-state index in [0.29, 0.717) is 5.56 Å². The van der Waals surface area contributed by atoms with Gasteiger partial charge in [0.15, 0.2) is 0 Å². The number of rotatable bonds is 1. The van der Waals surface area contributed by atoms with Gasteiger partial charge in [-0.3, -0.25) is 4.98 Å². The molecule has 1 heterocycles. The molecule has 1 rings (SSSR count). The molecule has 15 heavy (non-hydrogen) atoms. The van der Waals surface area contributed by atoms with Gasteiger partial charge < -0.3 is 13.5 Å². The van der Waals surface area contributed by atoms with Crippen molar-refractivity contribution in [1.29, 1.82) is 0 Å². The molecule has 0 unspecified atom stereocenters. The molecule has 0 spiro atoms. The van der Waals surface area contributed by atoms with Crippen LogP contribution in [0.1, 0.15) is 16.8 Å². The van der Waals surface area contributed by atoms with Crippen LogP contribution >= 0.6 is 0 Å². The van der Waals surface area contributed by atoms with E-state index in [1.54, 1.807) is 0 Å². The van der Waals surface area contributed by atoms with Gasteiger partial charge in [0.05, 0.1) is 17.9 Å². The molecule has 1 N–H and O–H groups in total. The van der Waals surface area contributed by atoms with Crippen molar-refractivity contribution in [1.82, 2.24) is 4.98 Å². The maximum atomic E-state index is 12.1. The van der Waals surface area contributed by atoms with E-state index in [-0.39, 0.29) is 50.3 Å². The molecule has 1 aromatic heterocycles. The summed E-state index contributed by atoms with van der Waals surface area (Å²) in [6, 6.07) is 0.971.